The first-order valence-corrected chi connectivity index (χ1v) is 13.4. The monoisotopic (exact) mass is 558 g/mol. The first kappa shape index (κ1) is 29.3. The molecule has 1 atom stereocenters. The number of fused-ring (bicyclic) bond motifs is 3. The van der Waals surface area contributed by atoms with Crippen molar-refractivity contribution in [1.82, 2.24) is 10.6 Å². The number of aliphatic carboxylic acids is 1. The first-order chi connectivity index (χ1) is 19.6. The van der Waals surface area contributed by atoms with Crippen LogP contribution in [0.2, 0.25) is 0 Å². The van der Waals surface area contributed by atoms with E-state index in [1.54, 1.807) is 26.0 Å². The Bertz CT molecular complexity index is 1360. The maximum absolute atomic E-state index is 13.1. The van der Waals surface area contributed by atoms with Gasteiger partial charge in [0.15, 0.2) is 0 Å². The van der Waals surface area contributed by atoms with Gasteiger partial charge in [0.25, 0.3) is 0 Å². The molecule has 0 saturated carbocycles. The van der Waals surface area contributed by atoms with Crippen molar-refractivity contribution in [1.29, 1.82) is 0 Å². The third kappa shape index (κ3) is 7.94. The molecule has 9 nitrogen and oxygen atoms in total. The fraction of sp³-hybridized carbons (Fsp3) is 0.312. The van der Waals surface area contributed by atoms with Gasteiger partial charge in [0.1, 0.15) is 19.3 Å². The molecular weight excluding hydrogens is 524 g/mol. The number of benzene rings is 3. The molecule has 0 spiro atoms. The van der Waals surface area contributed by atoms with Crippen molar-refractivity contribution in [3.63, 3.8) is 0 Å². The number of rotatable bonds is 12. The maximum Gasteiger partial charge on any atom is 0.407 e. The van der Waals surface area contributed by atoms with E-state index in [1.807, 2.05) is 66.7 Å². The van der Waals surface area contributed by atoms with Gasteiger partial charge in [-0.2, -0.15) is 0 Å². The highest BCUT2D eigenvalue weighted by Gasteiger charge is 2.31. The molecule has 1 aliphatic carbocycles. The minimum absolute atomic E-state index is 0.0185. The Hall–Kier alpha value is -4.66. The summed E-state index contributed by atoms with van der Waals surface area (Å²) in [6.07, 6.45) is -1.45. The fourth-order valence-corrected chi connectivity index (χ4v) is 4.88. The van der Waals surface area contributed by atoms with Crippen LogP contribution in [0.4, 0.5) is 4.79 Å². The number of carbonyl (C=O) groups is 4. The van der Waals surface area contributed by atoms with Crippen LogP contribution in [0.1, 0.15) is 49.3 Å². The second-order valence-corrected chi connectivity index (χ2v) is 10.8. The number of carbonyl (C=O) groups excluding carboxylic acids is 3. The molecule has 0 radical (unpaired) electrons. The average molecular weight is 559 g/mol. The van der Waals surface area contributed by atoms with Gasteiger partial charge in [-0.15, -0.1) is 0 Å². The van der Waals surface area contributed by atoms with Crippen molar-refractivity contribution in [3.8, 4) is 11.1 Å². The molecule has 2 amide bonds. The van der Waals surface area contributed by atoms with Crippen LogP contribution in [0, 0.1) is 5.41 Å². The zero-order valence-corrected chi connectivity index (χ0v) is 23.1. The van der Waals surface area contributed by atoms with E-state index in [0.29, 0.717) is 0 Å². The smallest absolute Gasteiger partial charge is 0.407 e. The Morgan fingerprint density at radius 1 is 0.854 bits per heavy atom. The van der Waals surface area contributed by atoms with Crippen LogP contribution < -0.4 is 10.6 Å². The van der Waals surface area contributed by atoms with E-state index >= 15 is 0 Å². The number of carboxylic acid groups (broad SMARTS) is 1. The number of alkyl carbamates (subject to hydrolysis) is 1. The van der Waals surface area contributed by atoms with Gasteiger partial charge in [-0.1, -0.05) is 92.7 Å². The molecule has 0 fully saturated rings. The Morgan fingerprint density at radius 3 is 2.05 bits per heavy atom. The quantitative estimate of drug-likeness (QED) is 0.276. The Kier molecular flexibility index (Phi) is 9.39. The number of hydrogen-bond donors (Lipinski definition) is 3. The van der Waals surface area contributed by atoms with Crippen molar-refractivity contribution in [3.05, 3.63) is 95.6 Å². The minimum atomic E-state index is -1.28. The number of esters is 1. The normalized spacial score (nSPS) is 12.9. The maximum atomic E-state index is 13.1. The van der Waals surface area contributed by atoms with E-state index in [-0.39, 0.29) is 32.1 Å². The Labute approximate surface area is 238 Å². The van der Waals surface area contributed by atoms with Crippen LogP contribution in [-0.2, 0) is 30.5 Å². The van der Waals surface area contributed by atoms with Crippen molar-refractivity contribution >= 4 is 23.9 Å². The molecule has 214 valence electrons. The van der Waals surface area contributed by atoms with Crippen LogP contribution in [-0.4, -0.2) is 48.2 Å². The van der Waals surface area contributed by atoms with Crippen LogP contribution in [0.15, 0.2) is 78.9 Å². The molecule has 9 heteroatoms. The molecule has 0 bridgehead atoms. The van der Waals surface area contributed by atoms with Gasteiger partial charge in [-0.05, 0) is 33.2 Å². The van der Waals surface area contributed by atoms with Gasteiger partial charge >= 0.3 is 18.0 Å². The SMILES string of the molecule is CC(C)(CNC(=O)[C@H](CC(=O)OCc1ccccc1)NC(=O)OCC1c2ccccc2-c2ccccc21)CC(=O)O. The molecule has 1 aliphatic rings. The predicted octanol–water partition coefficient (Wildman–Crippen LogP) is 4.64. The van der Waals surface area contributed by atoms with Gasteiger partial charge in [0, 0.05) is 12.5 Å². The van der Waals surface area contributed by atoms with E-state index in [1.165, 1.54) is 0 Å². The lowest BCUT2D eigenvalue weighted by molar-refractivity contribution is -0.147. The third-order valence-electron chi connectivity index (χ3n) is 6.94. The molecular formula is C32H34N2O7. The molecule has 4 rings (SSSR count). The first-order valence-electron chi connectivity index (χ1n) is 13.4. The third-order valence-corrected chi connectivity index (χ3v) is 6.94. The largest absolute Gasteiger partial charge is 0.481 e. The summed E-state index contributed by atoms with van der Waals surface area (Å²) in [7, 11) is 0. The molecule has 0 heterocycles. The van der Waals surface area contributed by atoms with E-state index in [0.717, 1.165) is 27.8 Å². The molecule has 3 aromatic rings. The van der Waals surface area contributed by atoms with Crippen molar-refractivity contribution in [2.45, 2.75) is 45.3 Å². The number of carboxylic acids is 1. The number of amides is 2. The van der Waals surface area contributed by atoms with Crippen LogP contribution in [0.3, 0.4) is 0 Å². The highest BCUT2D eigenvalue weighted by atomic mass is 16.5. The number of nitrogens with one attached hydrogen (secondary N) is 2. The zero-order chi connectivity index (χ0) is 29.4. The summed E-state index contributed by atoms with van der Waals surface area (Å²) in [5, 5.41) is 14.3. The molecule has 0 saturated heterocycles. The van der Waals surface area contributed by atoms with Gasteiger partial charge in [0.05, 0.1) is 12.8 Å². The van der Waals surface area contributed by atoms with Crippen molar-refractivity contribution in [2.75, 3.05) is 13.2 Å². The average Bonchev–Trinajstić information content (AvgIpc) is 3.27. The molecule has 0 aliphatic heterocycles. The highest BCUT2D eigenvalue weighted by molar-refractivity contribution is 5.89. The zero-order valence-electron chi connectivity index (χ0n) is 23.1. The highest BCUT2D eigenvalue weighted by Crippen LogP contribution is 2.44. The van der Waals surface area contributed by atoms with Gasteiger partial charge in [-0.3, -0.25) is 14.4 Å². The summed E-state index contributed by atoms with van der Waals surface area (Å²) in [6, 6.07) is 23.6. The van der Waals surface area contributed by atoms with Crippen LogP contribution in [0.5, 0.6) is 0 Å². The van der Waals surface area contributed by atoms with Crippen molar-refractivity contribution in [2.24, 2.45) is 5.41 Å². The lowest BCUT2D eigenvalue weighted by Crippen LogP contribution is -2.50. The molecule has 0 unspecified atom stereocenters. The van der Waals surface area contributed by atoms with E-state index in [4.69, 9.17) is 14.6 Å². The summed E-state index contributed by atoms with van der Waals surface area (Å²) in [6.45, 7) is 3.48. The standard InChI is InChI=1S/C32H34N2O7/c1-32(2,17-28(35)36)20-33-30(38)27(16-29(37)40-18-21-10-4-3-5-11-21)34-31(39)41-19-26-24-14-8-6-12-22(24)23-13-7-9-15-25(23)26/h3-15,26-27H,16-20H2,1-2H3,(H,33,38)(H,34,39)(H,35,36)/t27-/m0/s1. The number of ether oxygens (including phenoxy) is 2. The topological polar surface area (TPSA) is 131 Å². The Balaban J connectivity index is 1.40. The van der Waals surface area contributed by atoms with E-state index in [9.17, 15) is 19.2 Å². The summed E-state index contributed by atoms with van der Waals surface area (Å²) >= 11 is 0. The second-order valence-electron chi connectivity index (χ2n) is 10.8. The minimum Gasteiger partial charge on any atom is -0.481 e. The lowest BCUT2D eigenvalue weighted by Gasteiger charge is -2.25. The van der Waals surface area contributed by atoms with Gasteiger partial charge in [0.2, 0.25) is 5.91 Å². The molecule has 41 heavy (non-hydrogen) atoms. The summed E-state index contributed by atoms with van der Waals surface area (Å²) in [5.41, 5.74) is 4.28. The summed E-state index contributed by atoms with van der Waals surface area (Å²) < 4.78 is 10.9. The van der Waals surface area contributed by atoms with E-state index in [2.05, 4.69) is 10.6 Å². The lowest BCUT2D eigenvalue weighted by atomic mass is 9.89. The molecule has 3 N–H and O–H groups in total. The predicted molar refractivity (Wildman–Crippen MR) is 152 cm³/mol. The summed E-state index contributed by atoms with van der Waals surface area (Å²) in [4.78, 5) is 49.8. The summed E-state index contributed by atoms with van der Waals surface area (Å²) in [5.74, 6) is -2.50. The fourth-order valence-electron chi connectivity index (χ4n) is 4.88. The van der Waals surface area contributed by atoms with E-state index < -0.39 is 41.8 Å². The van der Waals surface area contributed by atoms with Gasteiger partial charge in [-0.25, -0.2) is 4.79 Å². The number of hydrogen-bond acceptors (Lipinski definition) is 6. The van der Waals surface area contributed by atoms with Crippen molar-refractivity contribution < 1.29 is 33.8 Å². The molecule has 3 aromatic carbocycles. The molecule has 0 aromatic heterocycles. The second kappa shape index (κ2) is 13.1. The van der Waals surface area contributed by atoms with Gasteiger partial charge < -0.3 is 25.2 Å². The van der Waals surface area contributed by atoms with Crippen LogP contribution in [0.25, 0.3) is 11.1 Å². The van der Waals surface area contributed by atoms with Crippen LogP contribution >= 0.6 is 0 Å². The Morgan fingerprint density at radius 2 is 1.44 bits per heavy atom.